The van der Waals surface area contributed by atoms with Crippen LogP contribution in [0.15, 0.2) is 0 Å². The zero-order valence-electron chi connectivity index (χ0n) is 5.57. The fourth-order valence-electron chi connectivity index (χ4n) is 0.0176. The maximum absolute atomic E-state index is 8.80. The maximum atomic E-state index is 8.80. The van der Waals surface area contributed by atoms with Crippen LogP contribution in [0.4, 0.5) is 0 Å². The second kappa shape index (κ2) is 31.1. The Balaban J connectivity index is -0.0000000326. The number of carbonyl (C=O) groups excluding carboxylic acids is 2. The molecule has 0 radical (unpaired) electrons. The molecule has 0 unspecified atom stereocenters. The van der Waals surface area contributed by atoms with Gasteiger partial charge in [0, 0.05) is 0 Å². The van der Waals surface area contributed by atoms with Gasteiger partial charge < -0.3 is 14.7 Å². The Kier molecular flexibility index (Phi) is 70.3. The van der Waals surface area contributed by atoms with E-state index in [0.717, 1.165) is 0 Å². The van der Waals surface area contributed by atoms with Gasteiger partial charge in [-0.05, 0) is 0 Å². The Bertz CT molecular complexity index is 62.7. The Morgan fingerprint density at radius 2 is 1.80 bits per heavy atom. The van der Waals surface area contributed by atoms with E-state index in [1.807, 2.05) is 0 Å². The van der Waals surface area contributed by atoms with Crippen LogP contribution in [0, 0.1) is 5.94 Å². The van der Waals surface area contributed by atoms with Crippen molar-refractivity contribution in [3.63, 3.8) is 0 Å². The van der Waals surface area contributed by atoms with Gasteiger partial charge >= 0.3 is 65.3 Å². The minimum Gasteiger partial charge on any atom is -0.713 e. The van der Waals surface area contributed by atoms with Gasteiger partial charge in [-0.3, -0.25) is 0 Å². The molecular formula is C2H2Na2O5S. The van der Waals surface area contributed by atoms with Crippen molar-refractivity contribution >= 4 is 18.2 Å². The first-order chi connectivity index (χ1) is 3.83. The minimum atomic E-state index is 0. The van der Waals surface area contributed by atoms with Gasteiger partial charge in [-0.25, -0.2) is 0 Å². The van der Waals surface area contributed by atoms with Crippen LogP contribution < -0.4 is 64.4 Å². The van der Waals surface area contributed by atoms with Gasteiger partial charge in [-0.15, -0.1) is 5.94 Å². The van der Waals surface area contributed by atoms with Crippen LogP contribution in [0.3, 0.4) is 0 Å². The molecule has 0 aromatic rings. The Morgan fingerprint density at radius 3 is 1.80 bits per heavy atom. The summed E-state index contributed by atoms with van der Waals surface area (Å²) in [7, 11) is 0. The van der Waals surface area contributed by atoms with E-state index < -0.39 is 0 Å². The molecule has 1 N–H and O–H groups in total. The Morgan fingerprint density at radius 1 is 1.50 bits per heavy atom. The molecule has 0 bridgehead atoms. The number of hydrogen-bond donors (Lipinski definition) is 1. The fourth-order valence-corrected chi connectivity index (χ4v) is 0.0527. The zero-order valence-corrected chi connectivity index (χ0v) is 10.4. The first-order valence-electron chi connectivity index (χ1n) is 1.24. The average Bonchev–Trinajstić information content (AvgIpc) is 1.71. The van der Waals surface area contributed by atoms with E-state index >= 15 is 0 Å². The quantitative estimate of drug-likeness (QED) is 0.151. The molecule has 0 aromatic heterocycles. The van der Waals surface area contributed by atoms with Gasteiger partial charge in [0.25, 0.3) is 0 Å². The van der Waals surface area contributed by atoms with Crippen LogP contribution in [-0.2, 0) is 13.9 Å². The maximum Gasteiger partial charge on any atom is 1.00 e. The molecular weight excluding hydrogens is 182 g/mol. The first-order valence-corrected chi connectivity index (χ1v) is 2.04. The molecule has 0 aliphatic heterocycles. The molecule has 0 aliphatic rings. The number of aliphatic hydroxyl groups is 1. The van der Waals surface area contributed by atoms with Crippen LogP contribution >= 0.6 is 12.0 Å². The number of aliphatic hydroxyl groups excluding tert-OH is 1. The predicted octanol–water partition coefficient (Wildman–Crippen LogP) is -7.16. The molecule has 5 nitrogen and oxygen atoms in total. The summed E-state index contributed by atoms with van der Waals surface area (Å²) in [6.45, 7) is 0. The summed E-state index contributed by atoms with van der Waals surface area (Å²) in [5.41, 5.74) is 0. The molecule has 0 aliphatic carbocycles. The van der Waals surface area contributed by atoms with Gasteiger partial charge in [0.15, 0.2) is 0 Å². The van der Waals surface area contributed by atoms with E-state index in [1.54, 1.807) is 0 Å². The van der Waals surface area contributed by atoms with Crippen LogP contribution in [0.5, 0.6) is 0 Å². The minimum absolute atomic E-state index is 0. The Hall–Kier alpha value is 1.61. The molecule has 8 heteroatoms. The van der Waals surface area contributed by atoms with Crippen molar-refractivity contribution in [3.8, 4) is 0 Å². The van der Waals surface area contributed by atoms with Crippen molar-refractivity contribution in [3.05, 3.63) is 5.94 Å². The second-order valence-corrected chi connectivity index (χ2v) is 0.892. The smallest absolute Gasteiger partial charge is 0.713 e. The van der Waals surface area contributed by atoms with Crippen LogP contribution in [0.2, 0.25) is 0 Å². The van der Waals surface area contributed by atoms with E-state index in [0.29, 0.717) is 18.0 Å². The molecule has 0 fully saturated rings. The normalized spacial score (nSPS) is 5.00. The molecule has 48 valence electrons. The summed E-state index contributed by atoms with van der Waals surface area (Å²) in [5, 5.41) is 16.4. The number of hydrogen-bond acceptors (Lipinski definition) is 6. The molecule has 0 rings (SSSR count). The number of rotatable bonds is 2. The largest absolute Gasteiger partial charge is 1.00 e. The summed E-state index contributed by atoms with van der Waals surface area (Å²) in [4.78, 5) is 16.2. The molecule has 0 spiro atoms. The zero-order chi connectivity index (χ0) is 6.83. The molecule has 0 saturated carbocycles. The van der Waals surface area contributed by atoms with E-state index in [2.05, 4.69) is 4.33 Å². The molecule has 0 heterocycles. The molecule has 0 saturated heterocycles. The van der Waals surface area contributed by atoms with Crippen LogP contribution in [0.1, 0.15) is 0 Å². The SMILES string of the molecule is O=C=O.[Na+].[Na+].[O-]OS[CH-]O. The Labute approximate surface area is 106 Å². The summed E-state index contributed by atoms with van der Waals surface area (Å²) < 4.78 is 3.05. The average molecular weight is 184 g/mol. The van der Waals surface area contributed by atoms with Crippen molar-refractivity contribution in [1.82, 2.24) is 0 Å². The van der Waals surface area contributed by atoms with Gasteiger partial charge in [-0.1, -0.05) is 0 Å². The van der Waals surface area contributed by atoms with Gasteiger partial charge in [0.05, 0.1) is 0 Å². The van der Waals surface area contributed by atoms with Crippen LogP contribution in [-0.4, -0.2) is 11.3 Å². The van der Waals surface area contributed by atoms with E-state index in [4.69, 9.17) is 20.0 Å². The van der Waals surface area contributed by atoms with Crippen molar-refractivity contribution in [2.75, 3.05) is 0 Å². The van der Waals surface area contributed by atoms with E-state index in [-0.39, 0.29) is 65.3 Å². The van der Waals surface area contributed by atoms with Crippen LogP contribution in [0.25, 0.3) is 0 Å². The van der Waals surface area contributed by atoms with Crippen molar-refractivity contribution in [1.29, 1.82) is 0 Å². The van der Waals surface area contributed by atoms with Crippen molar-refractivity contribution in [2.24, 2.45) is 0 Å². The van der Waals surface area contributed by atoms with E-state index in [9.17, 15) is 0 Å². The third-order valence-corrected chi connectivity index (χ3v) is 0.247. The second-order valence-electron chi connectivity index (χ2n) is 0.353. The molecule has 0 aromatic carbocycles. The summed E-state index contributed by atoms with van der Waals surface area (Å²) in [5.74, 6) is 0.562. The summed E-state index contributed by atoms with van der Waals surface area (Å²) >= 11 is 0.338. The van der Waals surface area contributed by atoms with Gasteiger partial charge in [0.2, 0.25) is 0 Å². The van der Waals surface area contributed by atoms with Gasteiger partial charge in [0.1, 0.15) is 0 Å². The van der Waals surface area contributed by atoms with Crippen molar-refractivity contribution in [2.45, 2.75) is 0 Å². The van der Waals surface area contributed by atoms with Crippen molar-refractivity contribution < 1.29 is 83.4 Å². The summed E-state index contributed by atoms with van der Waals surface area (Å²) in [6.07, 6.45) is 0.250. The third-order valence-electron chi connectivity index (χ3n) is 0.0823. The topological polar surface area (TPSA) is 86.7 Å². The predicted molar refractivity (Wildman–Crippen MR) is 19.9 cm³/mol. The van der Waals surface area contributed by atoms with E-state index in [1.165, 1.54) is 0 Å². The standard InChI is InChI=1S/CH3O3S.CO2.2Na/c2-1-5-4-3;2-1-3;;/h1-3H;;;/q-1;;2*+1/p-1. The third kappa shape index (κ3) is 54.7. The first kappa shape index (κ1) is 22.6. The van der Waals surface area contributed by atoms with Gasteiger partial charge in [-0.2, -0.15) is 21.6 Å². The molecule has 0 amide bonds. The monoisotopic (exact) mass is 184 g/mol. The summed E-state index contributed by atoms with van der Waals surface area (Å²) in [6, 6.07) is 0. The molecule has 0 atom stereocenters. The fraction of sp³-hybridized carbons (Fsp3) is 0. The molecule has 10 heavy (non-hydrogen) atoms.